The minimum atomic E-state index is 1.11. The van der Waals surface area contributed by atoms with Gasteiger partial charge < -0.3 is 0 Å². The molecule has 2 aliphatic carbocycles. The van der Waals surface area contributed by atoms with E-state index >= 15 is 0 Å². The van der Waals surface area contributed by atoms with Crippen LogP contribution in [-0.2, 0) is 25.7 Å². The summed E-state index contributed by atoms with van der Waals surface area (Å²) in [5.74, 6) is 0. The van der Waals surface area contributed by atoms with Gasteiger partial charge in [0.05, 0.1) is 0 Å². The Bertz CT molecular complexity index is 1200. The zero-order valence-corrected chi connectivity index (χ0v) is 25.9. The van der Waals surface area contributed by atoms with Crippen LogP contribution in [0.2, 0.25) is 0 Å². The Hall–Kier alpha value is -3.12. The van der Waals surface area contributed by atoms with E-state index in [4.69, 9.17) is 0 Å². The summed E-state index contributed by atoms with van der Waals surface area (Å²) in [6, 6.07) is 31.1. The Balaban J connectivity index is 0.000000302. The lowest BCUT2D eigenvalue weighted by Crippen LogP contribution is -1.89. The second-order valence-corrected chi connectivity index (χ2v) is 8.31. The third kappa shape index (κ3) is 7.70. The molecule has 0 N–H and O–H groups in total. The molecule has 0 amide bonds. The van der Waals surface area contributed by atoms with Crippen LogP contribution < -0.4 is 0 Å². The fraction of sp³-hybridized carbons (Fsp3) is 0.368. The zero-order chi connectivity index (χ0) is 28.5. The van der Waals surface area contributed by atoms with Gasteiger partial charge in [-0.3, -0.25) is 0 Å². The molecule has 0 fully saturated rings. The Kier molecular flexibility index (Phi) is 15.7. The summed E-state index contributed by atoms with van der Waals surface area (Å²) in [6.07, 6.45) is 4.48. The van der Waals surface area contributed by atoms with Gasteiger partial charge in [0.1, 0.15) is 0 Å². The third-order valence-corrected chi connectivity index (χ3v) is 6.60. The van der Waals surface area contributed by atoms with Crippen molar-refractivity contribution in [2.45, 2.75) is 94.9 Å². The molecular formula is C38H52. The minimum absolute atomic E-state index is 1.11. The lowest BCUT2D eigenvalue weighted by atomic mass is 10.00. The lowest BCUT2D eigenvalue weighted by molar-refractivity contribution is 1.08. The topological polar surface area (TPSA) is 0 Å². The van der Waals surface area contributed by atoms with E-state index in [-0.39, 0.29) is 0 Å². The van der Waals surface area contributed by atoms with Crippen LogP contribution in [0, 0.1) is 0 Å². The predicted molar refractivity (Wildman–Crippen MR) is 174 cm³/mol. The highest BCUT2D eigenvalue weighted by atomic mass is 14.2. The Morgan fingerprint density at radius 3 is 1.53 bits per heavy atom. The smallest absolute Gasteiger partial charge is 0.00107 e. The summed E-state index contributed by atoms with van der Waals surface area (Å²) in [5.41, 5.74) is 14.7. The predicted octanol–water partition coefficient (Wildman–Crippen LogP) is 11.7. The quantitative estimate of drug-likeness (QED) is 0.218. The number of hydrogen-bond acceptors (Lipinski definition) is 0. The van der Waals surface area contributed by atoms with Crippen LogP contribution in [0.25, 0.3) is 22.3 Å². The van der Waals surface area contributed by atoms with Crippen molar-refractivity contribution in [2.75, 3.05) is 0 Å². The van der Waals surface area contributed by atoms with E-state index in [0.717, 1.165) is 25.7 Å². The van der Waals surface area contributed by atoms with Gasteiger partial charge in [0.15, 0.2) is 0 Å². The fourth-order valence-electron chi connectivity index (χ4n) is 4.95. The maximum atomic E-state index is 2.35. The lowest BCUT2D eigenvalue weighted by Gasteiger charge is -2.05. The molecule has 6 rings (SSSR count). The summed E-state index contributed by atoms with van der Waals surface area (Å²) in [4.78, 5) is 0. The molecule has 204 valence electrons. The molecule has 38 heavy (non-hydrogen) atoms. The molecule has 0 spiro atoms. The van der Waals surface area contributed by atoms with Crippen molar-refractivity contribution >= 4 is 0 Å². The van der Waals surface area contributed by atoms with Crippen molar-refractivity contribution in [3.63, 3.8) is 0 Å². The molecule has 0 aliphatic heterocycles. The van der Waals surface area contributed by atoms with Crippen molar-refractivity contribution in [2.24, 2.45) is 0 Å². The molecule has 4 aromatic carbocycles. The maximum Gasteiger partial charge on any atom is -0.00107 e. The molecule has 0 heterocycles. The first-order valence-electron chi connectivity index (χ1n) is 15.2. The summed E-state index contributed by atoms with van der Waals surface area (Å²) in [6.45, 7) is 20.4. The minimum Gasteiger partial charge on any atom is -0.0683 e. The van der Waals surface area contributed by atoms with Gasteiger partial charge >= 0.3 is 0 Å². The molecule has 0 radical (unpaired) electrons. The molecular weight excluding hydrogens is 456 g/mol. The second-order valence-electron chi connectivity index (χ2n) is 8.31. The summed E-state index contributed by atoms with van der Waals surface area (Å²) in [5, 5.41) is 0. The summed E-state index contributed by atoms with van der Waals surface area (Å²) >= 11 is 0. The largest absolute Gasteiger partial charge is 0.0683 e. The average molecular weight is 509 g/mol. The fourth-order valence-corrected chi connectivity index (χ4v) is 4.95. The summed E-state index contributed by atoms with van der Waals surface area (Å²) < 4.78 is 0. The van der Waals surface area contributed by atoms with Crippen LogP contribution in [0.15, 0.2) is 84.9 Å². The number of rotatable bonds is 2. The second kappa shape index (κ2) is 18.2. The Morgan fingerprint density at radius 1 is 0.447 bits per heavy atom. The van der Waals surface area contributed by atoms with Gasteiger partial charge in [-0.05, 0) is 81.3 Å². The molecule has 0 bridgehead atoms. The van der Waals surface area contributed by atoms with Crippen LogP contribution in [0.1, 0.15) is 103 Å². The van der Waals surface area contributed by atoms with Gasteiger partial charge in [0.2, 0.25) is 0 Å². The van der Waals surface area contributed by atoms with Crippen molar-refractivity contribution < 1.29 is 0 Å². The first-order valence-corrected chi connectivity index (χ1v) is 15.2. The highest BCUT2D eigenvalue weighted by Crippen LogP contribution is 2.38. The molecule has 0 saturated carbocycles. The van der Waals surface area contributed by atoms with Gasteiger partial charge in [-0.1, -0.05) is 154 Å². The molecule has 2 aliphatic rings. The van der Waals surface area contributed by atoms with Crippen LogP contribution in [-0.4, -0.2) is 0 Å². The molecule has 0 atom stereocenters. The van der Waals surface area contributed by atoms with Crippen LogP contribution in [0.5, 0.6) is 0 Å². The number of aryl methyl sites for hydroxylation is 2. The van der Waals surface area contributed by atoms with Gasteiger partial charge in [-0.15, -0.1) is 0 Å². The number of hydrogen-bond donors (Lipinski definition) is 0. The Labute approximate surface area is 235 Å². The first-order chi connectivity index (χ1) is 18.8. The number of fused-ring (bicyclic) bond motifs is 6. The highest BCUT2D eigenvalue weighted by Gasteiger charge is 2.19. The summed E-state index contributed by atoms with van der Waals surface area (Å²) in [7, 11) is 0. The van der Waals surface area contributed by atoms with E-state index < -0.39 is 0 Å². The maximum absolute atomic E-state index is 2.35. The first kappa shape index (κ1) is 32.9. The van der Waals surface area contributed by atoms with Gasteiger partial charge in [-0.25, -0.2) is 0 Å². The van der Waals surface area contributed by atoms with E-state index in [9.17, 15) is 0 Å². The van der Waals surface area contributed by atoms with Crippen molar-refractivity contribution in [1.29, 1.82) is 0 Å². The van der Waals surface area contributed by atoms with Crippen molar-refractivity contribution in [1.82, 2.24) is 0 Å². The average Bonchev–Trinajstić information content (AvgIpc) is 3.59. The monoisotopic (exact) mass is 508 g/mol. The molecule has 4 aromatic rings. The molecule has 0 saturated heterocycles. The van der Waals surface area contributed by atoms with Crippen LogP contribution in [0.3, 0.4) is 0 Å². The van der Waals surface area contributed by atoms with Gasteiger partial charge in [-0.2, -0.15) is 0 Å². The molecule has 0 nitrogen and oxygen atoms in total. The van der Waals surface area contributed by atoms with E-state index in [1.165, 1.54) is 50.1 Å². The van der Waals surface area contributed by atoms with Crippen molar-refractivity contribution in [3.8, 4) is 22.3 Å². The van der Waals surface area contributed by atoms with E-state index in [0.29, 0.717) is 0 Å². The van der Waals surface area contributed by atoms with E-state index in [1.54, 1.807) is 5.56 Å². The molecule has 0 unspecified atom stereocenters. The SMILES string of the molecule is CC.CC.CC.CC.CCc1ccc2c(c1)-c1ccccc1C2.CCc1cccc2c1Cc1ccccc1-2. The van der Waals surface area contributed by atoms with E-state index in [2.05, 4.69) is 98.8 Å². The number of benzene rings is 4. The van der Waals surface area contributed by atoms with Gasteiger partial charge in [0, 0.05) is 0 Å². The zero-order valence-electron chi connectivity index (χ0n) is 25.9. The van der Waals surface area contributed by atoms with Crippen molar-refractivity contribution in [3.05, 3.63) is 118 Å². The Morgan fingerprint density at radius 2 is 0.947 bits per heavy atom. The molecule has 0 heteroatoms. The van der Waals surface area contributed by atoms with E-state index in [1.807, 2.05) is 55.4 Å². The third-order valence-electron chi connectivity index (χ3n) is 6.60. The normalized spacial score (nSPS) is 10.4. The highest BCUT2D eigenvalue weighted by molar-refractivity contribution is 5.78. The van der Waals surface area contributed by atoms with Crippen LogP contribution in [0.4, 0.5) is 0 Å². The van der Waals surface area contributed by atoms with Crippen LogP contribution >= 0.6 is 0 Å². The standard InChI is InChI=1S/2C15H14.4C2H6/c1-2-11-7-5-9-14-13-8-4-3-6-12(13)10-15(11)14;1-2-11-7-8-13-10-12-5-3-4-6-14(12)15(13)9-11;4*1-2/h2*3-9H,2,10H2,1H3;4*1-2H3. The van der Waals surface area contributed by atoms with Gasteiger partial charge in [0.25, 0.3) is 0 Å². The molecule has 0 aromatic heterocycles.